The minimum Gasteiger partial charge on any atom is -0.401 e. The van der Waals surface area contributed by atoms with Crippen LogP contribution in [-0.2, 0) is 4.74 Å². The number of nitrogens with two attached hydrogens (primary N) is 2. The fraction of sp³-hybridized carbons (Fsp3) is 0.438. The molecule has 0 amide bonds. The Labute approximate surface area is 247 Å². The second-order valence-corrected chi connectivity index (χ2v) is 11.2. The Morgan fingerprint density at radius 1 is 1.21 bits per heavy atom. The molecule has 10 heteroatoms. The van der Waals surface area contributed by atoms with Gasteiger partial charge in [-0.1, -0.05) is 18.2 Å². The van der Waals surface area contributed by atoms with Crippen molar-refractivity contribution in [2.45, 2.75) is 39.2 Å². The number of pyridine rings is 2. The summed E-state index contributed by atoms with van der Waals surface area (Å²) in [6.45, 7) is 7.87. The van der Waals surface area contributed by atoms with Crippen LogP contribution in [0.5, 0.6) is 0 Å². The predicted molar refractivity (Wildman–Crippen MR) is 168 cm³/mol. The van der Waals surface area contributed by atoms with Gasteiger partial charge in [0, 0.05) is 68.3 Å². The molecule has 4 aromatic rings. The molecule has 5 N–H and O–H groups in total. The van der Waals surface area contributed by atoms with Crippen LogP contribution in [0.3, 0.4) is 0 Å². The third kappa shape index (κ3) is 5.92. The average Bonchev–Trinajstić information content (AvgIpc) is 3.30. The monoisotopic (exact) mass is 574 g/mol. The Morgan fingerprint density at radius 3 is 2.64 bits per heavy atom. The molecule has 224 valence electrons. The first-order valence-electron chi connectivity index (χ1n) is 14.8. The second-order valence-electron chi connectivity index (χ2n) is 11.2. The Kier molecular flexibility index (Phi) is 9.25. The van der Waals surface area contributed by atoms with E-state index in [4.69, 9.17) is 26.3 Å². The number of hydrogen-bond acceptors (Lipinski definition) is 8. The fourth-order valence-electron chi connectivity index (χ4n) is 6.19. The van der Waals surface area contributed by atoms with Gasteiger partial charge in [-0.05, 0) is 70.3 Å². The van der Waals surface area contributed by atoms with Crippen molar-refractivity contribution < 1.29 is 9.13 Å². The second kappa shape index (κ2) is 13.1. The molecule has 0 spiro atoms. The van der Waals surface area contributed by atoms with Crippen LogP contribution in [0.4, 0.5) is 10.2 Å². The highest BCUT2D eigenvalue weighted by Gasteiger charge is 2.29. The van der Waals surface area contributed by atoms with Crippen LogP contribution >= 0.6 is 0 Å². The van der Waals surface area contributed by atoms with E-state index in [0.717, 1.165) is 85.6 Å². The first kappa shape index (κ1) is 29.8. The molecule has 1 aromatic carbocycles. The zero-order valence-corrected chi connectivity index (χ0v) is 25.1. The number of likely N-dealkylation sites (N-methyl/N-ethyl adjacent to an activating group) is 2. The normalized spacial score (nSPS) is 15.7. The lowest BCUT2D eigenvalue weighted by Gasteiger charge is -2.29. The van der Waals surface area contributed by atoms with Gasteiger partial charge in [0.25, 0.3) is 0 Å². The van der Waals surface area contributed by atoms with Crippen molar-refractivity contribution in [1.82, 2.24) is 24.9 Å². The molecular weight excluding hydrogens is 531 g/mol. The number of ether oxygens (including phenoxy) is 1. The van der Waals surface area contributed by atoms with Gasteiger partial charge >= 0.3 is 0 Å². The maximum absolute atomic E-state index is 15.7. The van der Waals surface area contributed by atoms with E-state index in [1.807, 2.05) is 26.1 Å². The number of hydrogen-bond donors (Lipinski definition) is 3. The molecule has 0 bridgehead atoms. The Bertz CT molecular complexity index is 1560. The van der Waals surface area contributed by atoms with Gasteiger partial charge in [0.05, 0.1) is 22.8 Å². The maximum atomic E-state index is 15.7. The molecule has 5 rings (SSSR count). The molecule has 0 saturated carbocycles. The highest BCUT2D eigenvalue weighted by molar-refractivity contribution is 6.05. The zero-order valence-electron chi connectivity index (χ0n) is 25.1. The summed E-state index contributed by atoms with van der Waals surface area (Å²) in [6, 6.07) is 13.0. The topological polar surface area (TPSA) is 110 Å². The fourth-order valence-corrected chi connectivity index (χ4v) is 6.19. The molecule has 1 unspecified atom stereocenters. The number of hydrazine groups is 1. The van der Waals surface area contributed by atoms with Crippen molar-refractivity contribution in [3.63, 3.8) is 0 Å². The molecule has 4 heterocycles. The Balaban J connectivity index is 1.80. The van der Waals surface area contributed by atoms with Gasteiger partial charge < -0.3 is 30.3 Å². The summed E-state index contributed by atoms with van der Waals surface area (Å²) in [5.74, 6) is 7.24. The number of nitrogens with zero attached hydrogens (tertiary/aromatic N) is 5. The number of rotatable bonds is 11. The van der Waals surface area contributed by atoms with E-state index >= 15 is 4.39 Å². The Hall–Kier alpha value is -3.73. The molecular formula is C32H43FN8O. The molecule has 1 aliphatic heterocycles. The number of halogens is 1. The van der Waals surface area contributed by atoms with Gasteiger partial charge in [0.1, 0.15) is 17.3 Å². The van der Waals surface area contributed by atoms with Crippen molar-refractivity contribution in [1.29, 1.82) is 0 Å². The van der Waals surface area contributed by atoms with Gasteiger partial charge in [-0.15, -0.1) is 0 Å². The van der Waals surface area contributed by atoms with Gasteiger partial charge in [0.15, 0.2) is 0 Å². The first-order valence-corrected chi connectivity index (χ1v) is 14.8. The molecule has 1 saturated heterocycles. The minimum absolute atomic E-state index is 0.228. The van der Waals surface area contributed by atoms with Gasteiger partial charge in [-0.3, -0.25) is 4.98 Å². The van der Waals surface area contributed by atoms with E-state index < -0.39 is 0 Å². The highest BCUT2D eigenvalue weighted by atomic mass is 19.1. The number of anilines is 1. The third-order valence-corrected chi connectivity index (χ3v) is 8.28. The van der Waals surface area contributed by atoms with E-state index in [1.54, 1.807) is 25.4 Å². The predicted octanol–water partition coefficient (Wildman–Crippen LogP) is 4.63. The van der Waals surface area contributed by atoms with Crippen LogP contribution in [-0.4, -0.2) is 66.5 Å². The van der Waals surface area contributed by atoms with Crippen molar-refractivity contribution in [2.24, 2.45) is 17.5 Å². The summed E-state index contributed by atoms with van der Waals surface area (Å²) in [7, 11) is 3.71. The van der Waals surface area contributed by atoms with E-state index in [1.165, 1.54) is 5.01 Å². The maximum Gasteiger partial charge on any atom is 0.145 e. The molecule has 3 aromatic heterocycles. The lowest BCUT2D eigenvalue weighted by atomic mass is 9.89. The quantitative estimate of drug-likeness (QED) is 0.176. The van der Waals surface area contributed by atoms with E-state index in [2.05, 4.69) is 39.9 Å². The number of fused-ring (bicyclic) bond motifs is 3. The number of benzene rings is 1. The SMILES string of the molecule is CCN(CCNC)c1ccc2c3ncc(/C(=C(\C)N)N(C)N)cc3n(C(CC3CCOCC3)c3ccccc3F)c2n1. The molecule has 1 fully saturated rings. The molecule has 42 heavy (non-hydrogen) atoms. The third-order valence-electron chi connectivity index (χ3n) is 8.28. The summed E-state index contributed by atoms with van der Waals surface area (Å²) in [5.41, 5.74) is 11.4. The van der Waals surface area contributed by atoms with Crippen molar-refractivity contribution in [3.05, 3.63) is 71.3 Å². The van der Waals surface area contributed by atoms with Crippen LogP contribution in [0.1, 0.15) is 50.3 Å². The smallest absolute Gasteiger partial charge is 0.145 e. The molecule has 0 radical (unpaired) electrons. The number of aromatic nitrogens is 3. The van der Waals surface area contributed by atoms with E-state index in [0.29, 0.717) is 22.9 Å². The largest absolute Gasteiger partial charge is 0.401 e. The summed E-state index contributed by atoms with van der Waals surface area (Å²) < 4.78 is 23.5. The minimum atomic E-state index is -0.302. The van der Waals surface area contributed by atoms with Gasteiger partial charge in [-0.2, -0.15) is 0 Å². The van der Waals surface area contributed by atoms with Gasteiger partial charge in [0.2, 0.25) is 0 Å². The molecule has 1 atom stereocenters. The highest BCUT2D eigenvalue weighted by Crippen LogP contribution is 2.39. The van der Waals surface area contributed by atoms with Crippen LogP contribution in [0.15, 0.2) is 54.4 Å². The zero-order chi connectivity index (χ0) is 29.8. The first-order chi connectivity index (χ1) is 20.3. The Morgan fingerprint density at radius 2 is 1.98 bits per heavy atom. The van der Waals surface area contributed by atoms with Crippen LogP contribution in [0, 0.1) is 11.7 Å². The van der Waals surface area contributed by atoms with Crippen LogP contribution in [0.25, 0.3) is 27.8 Å². The van der Waals surface area contributed by atoms with E-state index in [9.17, 15) is 0 Å². The number of allylic oxidation sites excluding steroid dienone is 1. The average molecular weight is 575 g/mol. The van der Waals surface area contributed by atoms with Crippen LogP contribution < -0.4 is 21.8 Å². The van der Waals surface area contributed by atoms with E-state index in [-0.39, 0.29) is 11.9 Å². The summed E-state index contributed by atoms with van der Waals surface area (Å²) in [6.07, 6.45) is 4.44. The standard InChI is InChI=1S/C32H43FN8O/c1-5-40(15-14-36-3)29-11-10-25-30-28(19-23(20-37-30)31(21(2)34)39(4)35)41(32(25)38-29)27(18-22-12-16-42-17-13-22)24-8-6-7-9-26(24)33/h6-11,19-20,22,27,36H,5,12-18,34-35H2,1-4H3/b31-21-. The summed E-state index contributed by atoms with van der Waals surface area (Å²) in [4.78, 5) is 12.4. The summed E-state index contributed by atoms with van der Waals surface area (Å²) in [5, 5.41) is 5.67. The van der Waals surface area contributed by atoms with Crippen molar-refractivity contribution in [3.8, 4) is 0 Å². The van der Waals surface area contributed by atoms with Crippen molar-refractivity contribution in [2.75, 3.05) is 51.8 Å². The number of nitrogens with one attached hydrogen (secondary N) is 1. The lowest BCUT2D eigenvalue weighted by Crippen LogP contribution is -2.31. The molecule has 1 aliphatic rings. The van der Waals surface area contributed by atoms with Crippen LogP contribution in [0.2, 0.25) is 0 Å². The lowest BCUT2D eigenvalue weighted by molar-refractivity contribution is 0.0608. The van der Waals surface area contributed by atoms with Gasteiger partial charge in [-0.25, -0.2) is 15.2 Å². The summed E-state index contributed by atoms with van der Waals surface area (Å²) >= 11 is 0. The molecule has 9 nitrogen and oxygen atoms in total. The molecule has 0 aliphatic carbocycles. The van der Waals surface area contributed by atoms with Crippen molar-refractivity contribution >= 4 is 33.6 Å².